The molecule has 0 bridgehead atoms. The van der Waals surface area contributed by atoms with Crippen LogP contribution >= 0.6 is 0 Å². The topological polar surface area (TPSA) is 35.0 Å². The fraction of sp³-hybridized carbons (Fsp3) is 0.286. The molecule has 0 amide bonds. The maximum Gasteiger partial charge on any atom is 0.0521 e. The van der Waals surface area contributed by atoms with Crippen molar-refractivity contribution in [2.24, 2.45) is 0 Å². The number of aromatic nitrogens is 2. The van der Waals surface area contributed by atoms with Crippen LogP contribution in [0, 0.1) is 0 Å². The summed E-state index contributed by atoms with van der Waals surface area (Å²) in [5, 5.41) is 0. The highest BCUT2D eigenvalue weighted by molar-refractivity contribution is 5.04. The van der Waals surface area contributed by atoms with Gasteiger partial charge in [0.05, 0.1) is 13.2 Å². The molecule has 0 radical (unpaired) electrons. The second-order valence-electron chi connectivity index (χ2n) is 3.75. The Labute approximate surface area is 102 Å². The van der Waals surface area contributed by atoms with Crippen LogP contribution in [0.2, 0.25) is 0 Å². The average molecular weight is 228 g/mol. The molecular formula is C14H16N2O. The van der Waals surface area contributed by atoms with E-state index in [4.69, 9.17) is 4.74 Å². The normalized spacial score (nSPS) is 10.4. The second kappa shape index (κ2) is 6.76. The molecule has 2 aromatic rings. The van der Waals surface area contributed by atoms with Crippen LogP contribution in [0.4, 0.5) is 0 Å². The molecule has 3 heteroatoms. The van der Waals surface area contributed by atoms with Gasteiger partial charge in [-0.15, -0.1) is 0 Å². The van der Waals surface area contributed by atoms with Crippen molar-refractivity contribution in [3.8, 4) is 0 Å². The van der Waals surface area contributed by atoms with E-state index < -0.39 is 0 Å². The zero-order valence-electron chi connectivity index (χ0n) is 9.75. The van der Waals surface area contributed by atoms with Gasteiger partial charge in [0.25, 0.3) is 0 Å². The molecule has 0 aliphatic carbocycles. The minimum atomic E-state index is 0.712. The van der Waals surface area contributed by atoms with Crippen LogP contribution in [0.3, 0.4) is 0 Å². The molecule has 0 aliphatic rings. The maximum absolute atomic E-state index is 5.56. The van der Waals surface area contributed by atoms with E-state index >= 15 is 0 Å². The van der Waals surface area contributed by atoms with E-state index in [-0.39, 0.29) is 0 Å². The first-order chi connectivity index (χ1) is 8.45. The Morgan fingerprint density at radius 1 is 0.765 bits per heavy atom. The van der Waals surface area contributed by atoms with Crippen molar-refractivity contribution in [3.05, 3.63) is 60.2 Å². The summed E-state index contributed by atoms with van der Waals surface area (Å²) in [6.07, 6.45) is 5.35. The molecule has 0 unspecified atom stereocenters. The quantitative estimate of drug-likeness (QED) is 0.711. The predicted molar refractivity (Wildman–Crippen MR) is 66.7 cm³/mol. The third kappa shape index (κ3) is 4.33. The average Bonchev–Trinajstić information content (AvgIpc) is 2.41. The first-order valence-corrected chi connectivity index (χ1v) is 5.83. The van der Waals surface area contributed by atoms with Gasteiger partial charge in [0.1, 0.15) is 0 Å². The summed E-state index contributed by atoms with van der Waals surface area (Å²) in [6.45, 7) is 1.42. The standard InChI is InChI=1S/C14H16N2O/c1-3-9-15-13(5-1)7-11-17-12-8-14-6-2-4-10-16-14/h1-6,9-10H,7-8,11-12H2. The lowest BCUT2D eigenvalue weighted by atomic mass is 10.3. The van der Waals surface area contributed by atoms with Gasteiger partial charge < -0.3 is 4.74 Å². The van der Waals surface area contributed by atoms with Crippen LogP contribution in [-0.2, 0) is 17.6 Å². The molecule has 2 aromatic heterocycles. The fourth-order valence-electron chi connectivity index (χ4n) is 1.55. The van der Waals surface area contributed by atoms with Crippen LogP contribution in [0.15, 0.2) is 48.8 Å². The molecule has 0 spiro atoms. The van der Waals surface area contributed by atoms with Gasteiger partial charge in [-0.05, 0) is 24.3 Å². The number of hydrogen-bond donors (Lipinski definition) is 0. The third-order valence-corrected chi connectivity index (χ3v) is 2.46. The Balaban J connectivity index is 1.61. The molecule has 17 heavy (non-hydrogen) atoms. The van der Waals surface area contributed by atoms with Crippen molar-refractivity contribution >= 4 is 0 Å². The molecule has 3 nitrogen and oxygen atoms in total. The molecule has 0 N–H and O–H groups in total. The Hall–Kier alpha value is -1.74. The van der Waals surface area contributed by atoms with Gasteiger partial charge in [-0.2, -0.15) is 0 Å². The number of ether oxygens (including phenoxy) is 1. The van der Waals surface area contributed by atoms with Crippen molar-refractivity contribution in [1.82, 2.24) is 9.97 Å². The van der Waals surface area contributed by atoms with E-state index in [2.05, 4.69) is 9.97 Å². The summed E-state index contributed by atoms with van der Waals surface area (Å²) in [5.41, 5.74) is 2.15. The van der Waals surface area contributed by atoms with Crippen molar-refractivity contribution in [3.63, 3.8) is 0 Å². The lowest BCUT2D eigenvalue weighted by Gasteiger charge is -2.03. The Morgan fingerprint density at radius 3 is 1.71 bits per heavy atom. The van der Waals surface area contributed by atoms with Crippen molar-refractivity contribution in [2.75, 3.05) is 13.2 Å². The SMILES string of the molecule is c1ccc(CCOCCc2ccccn2)nc1. The molecule has 0 saturated heterocycles. The van der Waals surface area contributed by atoms with Gasteiger partial charge in [0.2, 0.25) is 0 Å². The fourth-order valence-corrected chi connectivity index (χ4v) is 1.55. The smallest absolute Gasteiger partial charge is 0.0521 e. The summed E-state index contributed by atoms with van der Waals surface area (Å²) >= 11 is 0. The monoisotopic (exact) mass is 228 g/mol. The summed E-state index contributed by atoms with van der Waals surface area (Å²) in [4.78, 5) is 8.48. The van der Waals surface area contributed by atoms with Gasteiger partial charge in [-0.25, -0.2) is 0 Å². The summed E-state index contributed by atoms with van der Waals surface area (Å²) in [7, 11) is 0. The first kappa shape index (κ1) is 11.7. The van der Waals surface area contributed by atoms with E-state index in [1.807, 2.05) is 48.8 Å². The molecule has 2 heterocycles. The maximum atomic E-state index is 5.56. The van der Waals surface area contributed by atoms with Crippen LogP contribution in [0.1, 0.15) is 11.4 Å². The van der Waals surface area contributed by atoms with E-state index in [0.29, 0.717) is 13.2 Å². The van der Waals surface area contributed by atoms with Crippen molar-refractivity contribution < 1.29 is 4.74 Å². The Morgan fingerprint density at radius 2 is 1.29 bits per heavy atom. The van der Waals surface area contributed by atoms with Gasteiger partial charge in [0, 0.05) is 36.6 Å². The Bertz CT molecular complexity index is 375. The van der Waals surface area contributed by atoms with Crippen molar-refractivity contribution in [1.29, 1.82) is 0 Å². The molecular weight excluding hydrogens is 212 g/mol. The second-order valence-corrected chi connectivity index (χ2v) is 3.75. The highest BCUT2D eigenvalue weighted by atomic mass is 16.5. The molecule has 0 aliphatic heterocycles. The summed E-state index contributed by atoms with van der Waals surface area (Å²) < 4.78 is 5.56. The first-order valence-electron chi connectivity index (χ1n) is 5.83. The highest BCUT2D eigenvalue weighted by Gasteiger charge is 1.95. The van der Waals surface area contributed by atoms with E-state index in [1.165, 1.54) is 0 Å². The van der Waals surface area contributed by atoms with Gasteiger partial charge in [-0.3, -0.25) is 9.97 Å². The molecule has 0 atom stereocenters. The number of nitrogens with zero attached hydrogens (tertiary/aromatic N) is 2. The van der Waals surface area contributed by atoms with Gasteiger partial charge in [0.15, 0.2) is 0 Å². The molecule has 88 valence electrons. The van der Waals surface area contributed by atoms with Gasteiger partial charge >= 0.3 is 0 Å². The van der Waals surface area contributed by atoms with E-state index in [0.717, 1.165) is 24.2 Å². The van der Waals surface area contributed by atoms with Crippen molar-refractivity contribution in [2.45, 2.75) is 12.8 Å². The molecule has 0 saturated carbocycles. The summed E-state index contributed by atoms with van der Waals surface area (Å²) in [5.74, 6) is 0. The molecule has 0 aromatic carbocycles. The predicted octanol–water partition coefficient (Wildman–Crippen LogP) is 2.28. The lowest BCUT2D eigenvalue weighted by molar-refractivity contribution is 0.139. The van der Waals surface area contributed by atoms with E-state index in [1.54, 1.807) is 0 Å². The van der Waals surface area contributed by atoms with Crippen LogP contribution in [0.5, 0.6) is 0 Å². The summed E-state index contributed by atoms with van der Waals surface area (Å²) in [6, 6.07) is 11.9. The van der Waals surface area contributed by atoms with Crippen LogP contribution in [-0.4, -0.2) is 23.2 Å². The zero-order valence-corrected chi connectivity index (χ0v) is 9.75. The number of hydrogen-bond acceptors (Lipinski definition) is 3. The van der Waals surface area contributed by atoms with Gasteiger partial charge in [-0.1, -0.05) is 12.1 Å². The highest BCUT2D eigenvalue weighted by Crippen LogP contribution is 1.97. The minimum absolute atomic E-state index is 0.712. The van der Waals surface area contributed by atoms with Crippen LogP contribution in [0.25, 0.3) is 0 Å². The Kier molecular flexibility index (Phi) is 4.67. The van der Waals surface area contributed by atoms with Crippen LogP contribution < -0.4 is 0 Å². The van der Waals surface area contributed by atoms with E-state index in [9.17, 15) is 0 Å². The molecule has 0 fully saturated rings. The zero-order chi connectivity index (χ0) is 11.8. The number of rotatable bonds is 6. The minimum Gasteiger partial charge on any atom is -0.381 e. The third-order valence-electron chi connectivity index (χ3n) is 2.46. The molecule has 2 rings (SSSR count). The largest absolute Gasteiger partial charge is 0.381 e. The lowest BCUT2D eigenvalue weighted by Crippen LogP contribution is -2.04. The number of pyridine rings is 2.